The second kappa shape index (κ2) is 6.01. The van der Waals surface area contributed by atoms with Crippen molar-refractivity contribution in [3.8, 4) is 5.75 Å². The first-order valence-corrected chi connectivity index (χ1v) is 6.07. The van der Waals surface area contributed by atoms with Gasteiger partial charge in [0.25, 0.3) is 0 Å². The van der Waals surface area contributed by atoms with Crippen molar-refractivity contribution in [1.82, 2.24) is 0 Å². The summed E-state index contributed by atoms with van der Waals surface area (Å²) in [5.74, 6) is 0.236. The molecule has 0 bridgehead atoms. The van der Waals surface area contributed by atoms with E-state index in [1.807, 2.05) is 24.3 Å². The molecule has 0 aliphatic heterocycles. The fourth-order valence-electron chi connectivity index (χ4n) is 1.70. The van der Waals surface area contributed by atoms with E-state index in [1.54, 1.807) is 24.3 Å². The maximum Gasteiger partial charge on any atom is 0.343 e. The highest BCUT2D eigenvalue weighted by Crippen LogP contribution is 2.15. The zero-order valence-corrected chi connectivity index (χ0v) is 10.3. The summed E-state index contributed by atoms with van der Waals surface area (Å²) in [6.45, 7) is 2.14. The lowest BCUT2D eigenvalue weighted by Gasteiger charge is -2.05. The standard InChI is InChI=1S/C16H15O2/c1-2-6-13-9-11-15(12-10-13)18-16(17)14-7-4-3-5-8-14/h4-5,7-12H,2,6H2,1H3. The van der Waals surface area contributed by atoms with Gasteiger partial charge >= 0.3 is 5.97 Å². The minimum atomic E-state index is -0.341. The largest absolute Gasteiger partial charge is 0.423 e. The van der Waals surface area contributed by atoms with E-state index in [9.17, 15) is 4.79 Å². The van der Waals surface area contributed by atoms with Crippen LogP contribution in [0.3, 0.4) is 0 Å². The summed E-state index contributed by atoms with van der Waals surface area (Å²) < 4.78 is 5.28. The van der Waals surface area contributed by atoms with Crippen LogP contribution in [0.1, 0.15) is 29.3 Å². The normalized spacial score (nSPS) is 10.1. The molecule has 2 rings (SSSR count). The maximum absolute atomic E-state index is 11.8. The molecule has 0 unspecified atom stereocenters. The average molecular weight is 239 g/mol. The van der Waals surface area contributed by atoms with E-state index in [0.717, 1.165) is 12.8 Å². The van der Waals surface area contributed by atoms with Gasteiger partial charge in [-0.05, 0) is 42.3 Å². The molecule has 2 aromatic rings. The number of aryl methyl sites for hydroxylation is 1. The van der Waals surface area contributed by atoms with Crippen molar-refractivity contribution in [2.24, 2.45) is 0 Å². The average Bonchev–Trinajstić information content (AvgIpc) is 2.42. The minimum absolute atomic E-state index is 0.341. The third-order valence-electron chi connectivity index (χ3n) is 2.63. The minimum Gasteiger partial charge on any atom is -0.423 e. The van der Waals surface area contributed by atoms with Crippen LogP contribution >= 0.6 is 0 Å². The molecular formula is C16H15O2. The smallest absolute Gasteiger partial charge is 0.343 e. The third kappa shape index (κ3) is 3.20. The SMILES string of the molecule is CCCc1ccc(OC(=O)c2cc[c]cc2)cc1. The van der Waals surface area contributed by atoms with Crippen LogP contribution in [0.25, 0.3) is 0 Å². The van der Waals surface area contributed by atoms with E-state index >= 15 is 0 Å². The first-order chi connectivity index (χ1) is 8.79. The van der Waals surface area contributed by atoms with Crippen molar-refractivity contribution in [2.75, 3.05) is 0 Å². The molecule has 2 nitrogen and oxygen atoms in total. The molecule has 2 aromatic carbocycles. The van der Waals surface area contributed by atoms with Gasteiger partial charge in [-0.15, -0.1) is 0 Å². The van der Waals surface area contributed by atoms with Crippen molar-refractivity contribution >= 4 is 5.97 Å². The molecule has 1 radical (unpaired) electrons. The molecule has 0 aromatic heterocycles. The Labute approximate surface area is 107 Å². The van der Waals surface area contributed by atoms with Crippen LogP contribution in [-0.2, 0) is 6.42 Å². The second-order valence-electron chi connectivity index (χ2n) is 4.07. The summed E-state index contributed by atoms with van der Waals surface area (Å²) in [5, 5.41) is 0. The number of hydrogen-bond donors (Lipinski definition) is 0. The topological polar surface area (TPSA) is 26.3 Å². The van der Waals surface area contributed by atoms with Gasteiger partial charge in [-0.1, -0.05) is 37.6 Å². The molecule has 0 heterocycles. The molecule has 0 spiro atoms. The molecule has 0 atom stereocenters. The Bertz CT molecular complexity index is 500. The molecule has 2 heteroatoms. The second-order valence-corrected chi connectivity index (χ2v) is 4.07. The van der Waals surface area contributed by atoms with E-state index in [2.05, 4.69) is 13.0 Å². The lowest BCUT2D eigenvalue weighted by Crippen LogP contribution is -2.08. The fourth-order valence-corrected chi connectivity index (χ4v) is 1.70. The van der Waals surface area contributed by atoms with Gasteiger partial charge in [0.1, 0.15) is 5.75 Å². The molecular weight excluding hydrogens is 224 g/mol. The Balaban J connectivity index is 2.03. The van der Waals surface area contributed by atoms with Crippen LogP contribution in [0, 0.1) is 6.07 Å². The summed E-state index contributed by atoms with van der Waals surface area (Å²) in [4.78, 5) is 11.8. The number of carbonyl (C=O) groups is 1. The number of carbonyl (C=O) groups excluding carboxylic acids is 1. The Morgan fingerprint density at radius 2 is 1.78 bits per heavy atom. The van der Waals surface area contributed by atoms with Gasteiger partial charge in [0.05, 0.1) is 5.56 Å². The molecule has 0 saturated carbocycles. The summed E-state index contributed by atoms with van der Waals surface area (Å²) in [7, 11) is 0. The Hall–Kier alpha value is -2.09. The Kier molecular flexibility index (Phi) is 4.13. The van der Waals surface area contributed by atoms with Gasteiger partial charge in [0, 0.05) is 0 Å². The van der Waals surface area contributed by atoms with Crippen LogP contribution in [0.15, 0.2) is 48.5 Å². The van der Waals surface area contributed by atoms with Crippen molar-refractivity contribution in [3.63, 3.8) is 0 Å². The highest BCUT2D eigenvalue weighted by molar-refractivity contribution is 5.90. The number of benzene rings is 2. The molecule has 0 aliphatic rings. The maximum atomic E-state index is 11.8. The Morgan fingerprint density at radius 3 is 2.39 bits per heavy atom. The highest BCUT2D eigenvalue weighted by Gasteiger charge is 2.07. The van der Waals surface area contributed by atoms with Gasteiger partial charge in [0.2, 0.25) is 0 Å². The molecule has 0 aliphatic carbocycles. The predicted molar refractivity (Wildman–Crippen MR) is 70.7 cm³/mol. The molecule has 0 saturated heterocycles. The van der Waals surface area contributed by atoms with Crippen LogP contribution < -0.4 is 4.74 Å². The summed E-state index contributed by atoms with van der Waals surface area (Å²) in [5.41, 5.74) is 1.79. The van der Waals surface area contributed by atoms with Crippen molar-refractivity contribution in [2.45, 2.75) is 19.8 Å². The number of ether oxygens (including phenoxy) is 1. The molecule has 0 N–H and O–H groups in total. The number of hydrogen-bond acceptors (Lipinski definition) is 2. The highest BCUT2D eigenvalue weighted by atomic mass is 16.5. The molecule has 18 heavy (non-hydrogen) atoms. The van der Waals surface area contributed by atoms with E-state index < -0.39 is 0 Å². The van der Waals surface area contributed by atoms with Gasteiger partial charge in [-0.2, -0.15) is 0 Å². The fraction of sp³-hybridized carbons (Fsp3) is 0.188. The third-order valence-corrected chi connectivity index (χ3v) is 2.63. The molecule has 0 fully saturated rings. The molecule has 0 amide bonds. The summed E-state index contributed by atoms with van der Waals surface area (Å²) >= 11 is 0. The van der Waals surface area contributed by atoms with Crippen LogP contribution in [0.4, 0.5) is 0 Å². The van der Waals surface area contributed by atoms with Gasteiger partial charge in [-0.3, -0.25) is 0 Å². The van der Waals surface area contributed by atoms with E-state index in [0.29, 0.717) is 11.3 Å². The lowest BCUT2D eigenvalue weighted by molar-refractivity contribution is 0.0734. The monoisotopic (exact) mass is 239 g/mol. The zero-order chi connectivity index (χ0) is 12.8. The van der Waals surface area contributed by atoms with Crippen molar-refractivity contribution in [1.29, 1.82) is 0 Å². The van der Waals surface area contributed by atoms with Crippen molar-refractivity contribution < 1.29 is 9.53 Å². The van der Waals surface area contributed by atoms with Crippen LogP contribution in [0.2, 0.25) is 0 Å². The zero-order valence-electron chi connectivity index (χ0n) is 10.3. The molecule has 91 valence electrons. The first-order valence-electron chi connectivity index (χ1n) is 6.07. The first kappa shape index (κ1) is 12.4. The summed E-state index contributed by atoms with van der Waals surface area (Å²) in [6, 6.07) is 17.3. The van der Waals surface area contributed by atoms with Crippen LogP contribution in [-0.4, -0.2) is 5.97 Å². The van der Waals surface area contributed by atoms with Crippen LogP contribution in [0.5, 0.6) is 5.75 Å². The predicted octanol–water partition coefficient (Wildman–Crippen LogP) is 3.66. The number of esters is 1. The number of rotatable bonds is 4. The lowest BCUT2D eigenvalue weighted by atomic mass is 10.1. The quantitative estimate of drug-likeness (QED) is 0.601. The van der Waals surface area contributed by atoms with E-state index in [-0.39, 0.29) is 5.97 Å². The van der Waals surface area contributed by atoms with Gasteiger partial charge < -0.3 is 4.74 Å². The van der Waals surface area contributed by atoms with Gasteiger partial charge in [0.15, 0.2) is 0 Å². The van der Waals surface area contributed by atoms with E-state index in [1.165, 1.54) is 5.56 Å². The van der Waals surface area contributed by atoms with Crippen molar-refractivity contribution in [3.05, 3.63) is 65.7 Å². The van der Waals surface area contributed by atoms with Gasteiger partial charge in [-0.25, -0.2) is 4.79 Å². The Morgan fingerprint density at radius 1 is 1.11 bits per heavy atom. The van der Waals surface area contributed by atoms with E-state index in [4.69, 9.17) is 4.74 Å². The summed E-state index contributed by atoms with van der Waals surface area (Å²) in [6.07, 6.45) is 2.16.